The normalized spacial score (nSPS) is 17.5. The first-order valence-electron chi connectivity index (χ1n) is 11.3. The first kappa shape index (κ1) is 23.1. The number of aromatic nitrogens is 3. The largest absolute Gasteiger partial charge is 0.496 e. The highest BCUT2D eigenvalue weighted by Gasteiger charge is 2.23. The molecule has 1 aromatic heterocycles. The Labute approximate surface area is 185 Å². The number of aliphatic imine (C=N–C) groups is 1. The fraction of sp³-hybridized carbons (Fsp3) is 0.609. The van der Waals surface area contributed by atoms with Crippen molar-refractivity contribution in [1.82, 2.24) is 25.4 Å². The highest BCUT2D eigenvalue weighted by atomic mass is 16.5. The molecule has 170 valence electrons. The number of ether oxygens (including phenoxy) is 2. The number of hydrogen-bond donors (Lipinski definition) is 2. The minimum Gasteiger partial charge on any atom is -0.496 e. The Bertz CT molecular complexity index is 844. The van der Waals surface area contributed by atoms with E-state index >= 15 is 0 Å². The van der Waals surface area contributed by atoms with Crippen LogP contribution in [0.3, 0.4) is 0 Å². The molecule has 2 unspecified atom stereocenters. The van der Waals surface area contributed by atoms with Crippen LogP contribution in [0, 0.1) is 6.92 Å². The molecule has 2 atom stereocenters. The van der Waals surface area contributed by atoms with Crippen molar-refractivity contribution in [3.63, 3.8) is 0 Å². The van der Waals surface area contributed by atoms with E-state index in [0.29, 0.717) is 6.54 Å². The third kappa shape index (κ3) is 6.69. The van der Waals surface area contributed by atoms with Gasteiger partial charge in [0.25, 0.3) is 0 Å². The van der Waals surface area contributed by atoms with E-state index in [4.69, 9.17) is 14.5 Å². The first-order chi connectivity index (χ1) is 15.1. The molecule has 1 aliphatic rings. The van der Waals surface area contributed by atoms with Gasteiger partial charge in [-0.3, -0.25) is 4.99 Å². The Morgan fingerprint density at radius 2 is 2.29 bits per heavy atom. The summed E-state index contributed by atoms with van der Waals surface area (Å²) in [6.07, 6.45) is 5.91. The van der Waals surface area contributed by atoms with E-state index in [1.54, 1.807) is 13.4 Å². The number of hydrogen-bond acceptors (Lipinski definition) is 5. The monoisotopic (exact) mass is 428 g/mol. The summed E-state index contributed by atoms with van der Waals surface area (Å²) >= 11 is 0. The van der Waals surface area contributed by atoms with Crippen LogP contribution >= 0.6 is 0 Å². The summed E-state index contributed by atoms with van der Waals surface area (Å²) in [6, 6.07) is 6.46. The van der Waals surface area contributed by atoms with Gasteiger partial charge in [0.2, 0.25) is 0 Å². The van der Waals surface area contributed by atoms with Crippen LogP contribution in [-0.2, 0) is 24.1 Å². The molecule has 2 heterocycles. The summed E-state index contributed by atoms with van der Waals surface area (Å²) in [7, 11) is 1.71. The quantitative estimate of drug-likeness (QED) is 0.447. The molecule has 1 aromatic carbocycles. The van der Waals surface area contributed by atoms with Crippen molar-refractivity contribution in [3.05, 3.63) is 41.5 Å². The van der Waals surface area contributed by atoms with Crippen molar-refractivity contribution in [3.8, 4) is 5.75 Å². The van der Waals surface area contributed by atoms with Crippen LogP contribution in [0.15, 0.2) is 29.5 Å². The molecule has 0 radical (unpaired) electrons. The maximum absolute atomic E-state index is 5.84. The van der Waals surface area contributed by atoms with E-state index in [2.05, 4.69) is 58.3 Å². The van der Waals surface area contributed by atoms with Gasteiger partial charge >= 0.3 is 0 Å². The minimum atomic E-state index is 0.198. The highest BCUT2D eigenvalue weighted by molar-refractivity contribution is 5.80. The third-order valence-corrected chi connectivity index (χ3v) is 5.63. The SMILES string of the molecule is CCc1nncn1CCNC(=NCCc1cc(C)ccc1OC)NC(C)C1CCCO1. The van der Waals surface area contributed by atoms with Crippen molar-refractivity contribution in [2.24, 2.45) is 4.99 Å². The van der Waals surface area contributed by atoms with Gasteiger partial charge in [-0.25, -0.2) is 0 Å². The molecule has 0 spiro atoms. The van der Waals surface area contributed by atoms with Crippen molar-refractivity contribution in [1.29, 1.82) is 0 Å². The Morgan fingerprint density at radius 1 is 1.42 bits per heavy atom. The lowest BCUT2D eigenvalue weighted by Crippen LogP contribution is -2.47. The molecule has 3 rings (SSSR count). The Morgan fingerprint density at radius 3 is 3.03 bits per heavy atom. The smallest absolute Gasteiger partial charge is 0.191 e. The van der Waals surface area contributed by atoms with E-state index in [-0.39, 0.29) is 12.1 Å². The predicted molar refractivity (Wildman–Crippen MR) is 123 cm³/mol. The molecular weight excluding hydrogens is 392 g/mol. The molecule has 8 nitrogen and oxygen atoms in total. The molecule has 0 amide bonds. The van der Waals surface area contributed by atoms with Crippen LogP contribution in [0.4, 0.5) is 0 Å². The van der Waals surface area contributed by atoms with Gasteiger partial charge in [0.05, 0.1) is 19.3 Å². The topological polar surface area (TPSA) is 85.6 Å². The molecule has 1 saturated heterocycles. The van der Waals surface area contributed by atoms with Crippen LogP contribution in [0.2, 0.25) is 0 Å². The van der Waals surface area contributed by atoms with Crippen LogP contribution in [-0.4, -0.2) is 59.7 Å². The van der Waals surface area contributed by atoms with Gasteiger partial charge in [-0.1, -0.05) is 24.6 Å². The second-order valence-electron chi connectivity index (χ2n) is 8.00. The molecule has 2 aromatic rings. The van der Waals surface area contributed by atoms with E-state index in [9.17, 15) is 0 Å². The number of aryl methyl sites for hydroxylation is 2. The molecule has 2 N–H and O–H groups in total. The van der Waals surface area contributed by atoms with Crippen molar-refractivity contribution < 1.29 is 9.47 Å². The Kier molecular flexibility index (Phi) is 8.70. The lowest BCUT2D eigenvalue weighted by atomic mass is 10.1. The van der Waals surface area contributed by atoms with Gasteiger partial charge in [-0.2, -0.15) is 0 Å². The summed E-state index contributed by atoms with van der Waals surface area (Å²) in [5.74, 6) is 2.71. The van der Waals surface area contributed by atoms with E-state index in [0.717, 1.165) is 62.9 Å². The zero-order valence-electron chi connectivity index (χ0n) is 19.2. The van der Waals surface area contributed by atoms with Gasteiger partial charge in [-0.05, 0) is 44.7 Å². The van der Waals surface area contributed by atoms with Gasteiger partial charge in [0.1, 0.15) is 17.9 Å². The summed E-state index contributed by atoms with van der Waals surface area (Å²) < 4.78 is 13.4. The zero-order valence-corrected chi connectivity index (χ0v) is 19.2. The molecule has 1 aliphatic heterocycles. The number of nitrogens with zero attached hydrogens (tertiary/aromatic N) is 4. The van der Waals surface area contributed by atoms with Gasteiger partial charge in [0, 0.05) is 32.7 Å². The van der Waals surface area contributed by atoms with Gasteiger partial charge in [0.15, 0.2) is 5.96 Å². The maximum Gasteiger partial charge on any atom is 0.191 e. The highest BCUT2D eigenvalue weighted by Crippen LogP contribution is 2.20. The van der Waals surface area contributed by atoms with E-state index < -0.39 is 0 Å². The van der Waals surface area contributed by atoms with Crippen LogP contribution < -0.4 is 15.4 Å². The molecule has 8 heteroatoms. The molecule has 0 saturated carbocycles. The van der Waals surface area contributed by atoms with Gasteiger partial charge < -0.3 is 24.7 Å². The van der Waals surface area contributed by atoms with Crippen LogP contribution in [0.25, 0.3) is 0 Å². The first-order valence-corrected chi connectivity index (χ1v) is 11.3. The number of rotatable bonds is 10. The summed E-state index contributed by atoms with van der Waals surface area (Å²) in [4.78, 5) is 4.84. The van der Waals surface area contributed by atoms with Gasteiger partial charge in [-0.15, -0.1) is 10.2 Å². The standard InChI is InChI=1S/C23H36N6O2/c1-5-22-28-26-16-29(22)13-12-25-23(27-18(3)20-7-6-14-31-20)24-11-10-19-15-17(2)8-9-21(19)30-4/h8-9,15-16,18,20H,5-7,10-14H2,1-4H3,(H2,24,25,27). The number of nitrogens with one attached hydrogen (secondary N) is 2. The minimum absolute atomic E-state index is 0.198. The van der Waals surface area contributed by atoms with Crippen LogP contribution in [0.1, 0.15) is 43.6 Å². The fourth-order valence-corrected chi connectivity index (χ4v) is 3.88. The van der Waals surface area contributed by atoms with E-state index in [1.165, 1.54) is 11.1 Å². The molecular formula is C23H36N6O2. The number of guanidine groups is 1. The Balaban J connectivity index is 1.61. The molecule has 31 heavy (non-hydrogen) atoms. The van der Waals surface area contributed by atoms with Crippen molar-refractivity contribution >= 4 is 5.96 Å². The van der Waals surface area contributed by atoms with Crippen molar-refractivity contribution in [2.45, 2.75) is 65.1 Å². The second kappa shape index (κ2) is 11.7. The summed E-state index contributed by atoms with van der Waals surface area (Å²) in [5.41, 5.74) is 2.40. The fourth-order valence-electron chi connectivity index (χ4n) is 3.88. The predicted octanol–water partition coefficient (Wildman–Crippen LogP) is 2.50. The number of benzene rings is 1. The summed E-state index contributed by atoms with van der Waals surface area (Å²) in [5, 5.41) is 15.2. The van der Waals surface area contributed by atoms with Crippen LogP contribution in [0.5, 0.6) is 5.75 Å². The summed E-state index contributed by atoms with van der Waals surface area (Å²) in [6.45, 7) is 9.38. The maximum atomic E-state index is 5.84. The molecule has 0 aliphatic carbocycles. The molecule has 0 bridgehead atoms. The second-order valence-corrected chi connectivity index (χ2v) is 8.00. The average molecular weight is 429 g/mol. The lowest BCUT2D eigenvalue weighted by molar-refractivity contribution is 0.0890. The van der Waals surface area contributed by atoms with E-state index in [1.807, 2.05) is 6.07 Å². The lowest BCUT2D eigenvalue weighted by Gasteiger charge is -2.23. The number of methoxy groups -OCH3 is 1. The molecule has 1 fully saturated rings. The van der Waals surface area contributed by atoms with Crippen molar-refractivity contribution in [2.75, 3.05) is 26.8 Å². The third-order valence-electron chi connectivity index (χ3n) is 5.63. The average Bonchev–Trinajstić information content (AvgIpc) is 3.46. The Hall–Kier alpha value is -2.61. The zero-order chi connectivity index (χ0) is 22.1.